The molecule has 2 aliphatic carbocycles. The van der Waals surface area contributed by atoms with Gasteiger partial charge in [0.25, 0.3) is 0 Å². The van der Waals surface area contributed by atoms with Crippen LogP contribution in [0.1, 0.15) is 31.8 Å². The van der Waals surface area contributed by atoms with E-state index in [1.54, 1.807) is 7.05 Å². The summed E-state index contributed by atoms with van der Waals surface area (Å²) in [4.78, 5) is 11.4. The van der Waals surface area contributed by atoms with Gasteiger partial charge in [-0.25, -0.2) is 4.79 Å². The first-order valence-electron chi connectivity index (χ1n) is 7.49. The first-order chi connectivity index (χ1) is 10.2. The average Bonchev–Trinajstić information content (AvgIpc) is 3.23. The van der Waals surface area contributed by atoms with Gasteiger partial charge in [0.2, 0.25) is 0 Å². The molecule has 3 nitrogen and oxygen atoms in total. The second-order valence-electron chi connectivity index (χ2n) is 5.86. The minimum Gasteiger partial charge on any atom is -0.449 e. The number of rotatable bonds is 2. The summed E-state index contributed by atoms with van der Waals surface area (Å²) in [5.74, 6) is 1.45. The van der Waals surface area contributed by atoms with E-state index < -0.39 is 0 Å². The van der Waals surface area contributed by atoms with Gasteiger partial charge < -0.3 is 10.1 Å². The molecule has 0 heterocycles. The fraction of sp³-hybridized carbons (Fsp3) is 0.389. The van der Waals surface area contributed by atoms with Crippen LogP contribution in [0.4, 0.5) is 4.79 Å². The summed E-state index contributed by atoms with van der Waals surface area (Å²) in [6.45, 7) is 2.53. The Labute approximate surface area is 127 Å². The van der Waals surface area contributed by atoms with Crippen molar-refractivity contribution in [1.29, 1.82) is 0 Å². The zero-order valence-electron chi connectivity index (χ0n) is 12.5. The molecule has 1 aromatic rings. The molecule has 0 spiro atoms. The Bertz CT molecular complexity index is 609. The van der Waals surface area contributed by atoms with Gasteiger partial charge in [-0.15, -0.1) is 0 Å². The molecule has 1 amide bonds. The predicted octanol–water partition coefficient (Wildman–Crippen LogP) is 3.98. The van der Waals surface area contributed by atoms with Gasteiger partial charge in [0.05, 0.1) is 0 Å². The second kappa shape index (κ2) is 5.76. The van der Waals surface area contributed by atoms with E-state index in [1.807, 2.05) is 6.07 Å². The summed E-state index contributed by atoms with van der Waals surface area (Å²) in [5.41, 5.74) is 3.75. The molecule has 1 saturated carbocycles. The molecule has 3 unspecified atom stereocenters. The third-order valence-corrected chi connectivity index (χ3v) is 4.40. The minimum atomic E-state index is -0.375. The molecule has 3 heteroatoms. The van der Waals surface area contributed by atoms with Crippen molar-refractivity contribution in [3.63, 3.8) is 0 Å². The van der Waals surface area contributed by atoms with E-state index >= 15 is 0 Å². The van der Waals surface area contributed by atoms with Gasteiger partial charge >= 0.3 is 6.09 Å². The molecule has 0 aliphatic heterocycles. The van der Waals surface area contributed by atoms with Crippen molar-refractivity contribution < 1.29 is 11.0 Å². The summed E-state index contributed by atoms with van der Waals surface area (Å²) >= 11 is 0. The number of ether oxygens (including phenoxy) is 1. The molecule has 1 N–H and O–H groups in total. The van der Waals surface area contributed by atoms with E-state index in [0.29, 0.717) is 18.4 Å². The molecule has 21 heavy (non-hydrogen) atoms. The number of allylic oxidation sites excluding steroid dienone is 2. The average molecular weight is 285 g/mol. The Morgan fingerprint density at radius 2 is 2.19 bits per heavy atom. The highest BCUT2D eigenvalue weighted by Gasteiger charge is 2.34. The van der Waals surface area contributed by atoms with E-state index in [-0.39, 0.29) is 13.4 Å². The lowest BCUT2D eigenvalue weighted by Crippen LogP contribution is -2.22. The number of benzene rings is 1. The Hall–Kier alpha value is -2.03. The molecule has 3 atom stereocenters. The maximum atomic E-state index is 11.4. The molecule has 0 aromatic heterocycles. The van der Waals surface area contributed by atoms with Crippen LogP contribution in [0, 0.1) is 11.8 Å². The van der Waals surface area contributed by atoms with Crippen LogP contribution >= 0.6 is 0 Å². The lowest BCUT2D eigenvalue weighted by atomic mass is 9.88. The molecular weight excluding hydrogens is 262 g/mol. The summed E-state index contributed by atoms with van der Waals surface area (Å²) in [7, 11) is 1.58. The number of carbonyl (C=O) groups excluding carboxylic acids is 1. The van der Waals surface area contributed by atoms with E-state index in [9.17, 15) is 4.79 Å². The molecule has 2 aliphatic rings. The summed E-state index contributed by atoms with van der Waals surface area (Å²) in [5, 5.41) is 2.51. The quantitative estimate of drug-likeness (QED) is 0.835. The third kappa shape index (κ3) is 3.02. The molecule has 0 bridgehead atoms. The number of hydrogen-bond donors (Lipinski definition) is 1. The first kappa shape index (κ1) is 13.9. The van der Waals surface area contributed by atoms with Crippen LogP contribution in [0.25, 0.3) is 6.08 Å². The molecular formula is C18H23NO2. The topological polar surface area (TPSA) is 38.3 Å². The van der Waals surface area contributed by atoms with E-state index in [0.717, 1.165) is 0 Å². The highest BCUT2D eigenvalue weighted by atomic mass is 16.5. The standard InChI is InChI=1S/C18H21NO2.H2/c1-12-9-15-10-14(15)8-7-13-5-3-4-6-16(13)17(12)11-21-18(20)19-2;/h3-9,14-15,17H,10-11H2,1-2H3,(H,19,20);1H/b8-7+,12-9+;. The van der Waals surface area contributed by atoms with Crippen molar-refractivity contribution in [2.75, 3.05) is 13.7 Å². The Kier molecular flexibility index (Phi) is 3.82. The van der Waals surface area contributed by atoms with Gasteiger partial charge in [-0.05, 0) is 36.3 Å². The van der Waals surface area contributed by atoms with Gasteiger partial charge in [-0.1, -0.05) is 48.1 Å². The largest absolute Gasteiger partial charge is 0.449 e. The van der Waals surface area contributed by atoms with Crippen LogP contribution in [0.5, 0.6) is 0 Å². The maximum Gasteiger partial charge on any atom is 0.406 e. The van der Waals surface area contributed by atoms with Gasteiger partial charge in [0.1, 0.15) is 6.61 Å². The van der Waals surface area contributed by atoms with Crippen LogP contribution in [-0.2, 0) is 4.74 Å². The fourth-order valence-corrected chi connectivity index (χ4v) is 3.01. The number of fused-ring (bicyclic) bond motifs is 2. The van der Waals surface area contributed by atoms with Crippen molar-refractivity contribution in [2.24, 2.45) is 11.8 Å². The van der Waals surface area contributed by atoms with E-state index in [4.69, 9.17) is 4.74 Å². The van der Waals surface area contributed by atoms with Crippen LogP contribution in [0.15, 0.2) is 42.0 Å². The van der Waals surface area contributed by atoms with Crippen LogP contribution in [0.3, 0.4) is 0 Å². The first-order valence-corrected chi connectivity index (χ1v) is 7.49. The highest BCUT2D eigenvalue weighted by molar-refractivity contribution is 5.67. The zero-order valence-corrected chi connectivity index (χ0v) is 12.5. The monoisotopic (exact) mass is 285 g/mol. The molecule has 1 fully saturated rings. The van der Waals surface area contributed by atoms with Crippen molar-refractivity contribution in [2.45, 2.75) is 19.3 Å². The molecule has 112 valence electrons. The molecule has 1 aromatic carbocycles. The van der Waals surface area contributed by atoms with E-state index in [2.05, 4.69) is 48.7 Å². The number of nitrogens with one attached hydrogen (secondary N) is 1. The SMILES string of the molecule is CNC(=O)OCC1/C(C)=C/C2CC2/C=C/c2ccccc21.[HH]. The summed E-state index contributed by atoms with van der Waals surface area (Å²) in [6, 6.07) is 8.37. The van der Waals surface area contributed by atoms with Crippen molar-refractivity contribution in [1.82, 2.24) is 5.32 Å². The van der Waals surface area contributed by atoms with Crippen LogP contribution in [0.2, 0.25) is 0 Å². The molecule has 0 radical (unpaired) electrons. The predicted molar refractivity (Wildman–Crippen MR) is 86.1 cm³/mol. The zero-order chi connectivity index (χ0) is 14.8. The van der Waals surface area contributed by atoms with Gasteiger partial charge in [-0.3, -0.25) is 0 Å². The number of amides is 1. The lowest BCUT2D eigenvalue weighted by Gasteiger charge is -2.20. The second-order valence-corrected chi connectivity index (χ2v) is 5.86. The number of alkyl carbamates (subject to hydrolysis) is 1. The van der Waals surface area contributed by atoms with E-state index in [1.165, 1.54) is 23.1 Å². The van der Waals surface area contributed by atoms with Gasteiger partial charge in [0, 0.05) is 14.4 Å². The summed E-state index contributed by atoms with van der Waals surface area (Å²) < 4.78 is 5.33. The lowest BCUT2D eigenvalue weighted by molar-refractivity contribution is 0.144. The molecule has 3 rings (SSSR count). The smallest absolute Gasteiger partial charge is 0.406 e. The van der Waals surface area contributed by atoms with Gasteiger partial charge in [-0.2, -0.15) is 0 Å². The van der Waals surface area contributed by atoms with Crippen LogP contribution in [-0.4, -0.2) is 19.7 Å². The van der Waals surface area contributed by atoms with Crippen molar-refractivity contribution >= 4 is 12.2 Å². The molecule has 0 saturated heterocycles. The Balaban J connectivity index is 0.00000176. The van der Waals surface area contributed by atoms with Crippen molar-refractivity contribution in [3.05, 3.63) is 53.1 Å². The Morgan fingerprint density at radius 1 is 1.38 bits per heavy atom. The maximum absolute atomic E-state index is 11.4. The summed E-state index contributed by atoms with van der Waals surface area (Å²) in [6.07, 6.45) is 7.75. The van der Waals surface area contributed by atoms with Crippen molar-refractivity contribution in [3.8, 4) is 0 Å². The normalized spacial score (nSPS) is 30.4. The number of carbonyl (C=O) groups is 1. The van der Waals surface area contributed by atoms with Crippen LogP contribution < -0.4 is 5.32 Å². The third-order valence-electron chi connectivity index (χ3n) is 4.40. The number of hydrogen-bond acceptors (Lipinski definition) is 2. The highest BCUT2D eigenvalue weighted by Crippen LogP contribution is 2.44. The van der Waals surface area contributed by atoms with Gasteiger partial charge in [0.15, 0.2) is 0 Å². The minimum absolute atomic E-state index is 0. The fourth-order valence-electron chi connectivity index (χ4n) is 3.01. The Morgan fingerprint density at radius 3 is 3.00 bits per heavy atom.